The number of amides is 2. The number of anilines is 1. The molecule has 1 aliphatic heterocycles. The molecule has 1 unspecified atom stereocenters. The molecule has 3 N–H and O–H groups in total. The first-order valence-electron chi connectivity index (χ1n) is 13.0. The minimum atomic E-state index is -0.897. The van der Waals surface area contributed by atoms with Gasteiger partial charge in [-0.3, -0.25) is 9.59 Å². The molecule has 0 aromatic heterocycles. The number of hydrogen-bond donors (Lipinski definition) is 3. The number of carbonyl (C=O) groups excluding carboxylic acids is 2. The van der Waals surface area contributed by atoms with E-state index in [9.17, 15) is 18.4 Å². The highest BCUT2D eigenvalue weighted by molar-refractivity contribution is 6.30. The van der Waals surface area contributed by atoms with E-state index < -0.39 is 23.5 Å². The number of nitrogens with one attached hydrogen (secondary N) is 3. The van der Waals surface area contributed by atoms with Gasteiger partial charge >= 0.3 is 0 Å². The van der Waals surface area contributed by atoms with Crippen molar-refractivity contribution in [3.63, 3.8) is 0 Å². The fourth-order valence-corrected chi connectivity index (χ4v) is 5.49. The highest BCUT2D eigenvalue weighted by atomic mass is 35.5. The third kappa shape index (κ3) is 8.50. The van der Waals surface area contributed by atoms with Crippen molar-refractivity contribution in [2.45, 2.75) is 77.3 Å². The van der Waals surface area contributed by atoms with Gasteiger partial charge in [-0.15, -0.1) is 0 Å². The molecule has 2 amide bonds. The van der Waals surface area contributed by atoms with Gasteiger partial charge in [0, 0.05) is 35.3 Å². The van der Waals surface area contributed by atoms with Crippen molar-refractivity contribution in [2.24, 2.45) is 11.3 Å². The SMILES string of the molecule is CC(C)(C)CC1NC[C@H](c2cccc(F)c2F)[C@@H]1C(=O)Nc1cccc(Cl)c1.O=CNC1CCCCC1. The number of rotatable bonds is 6. The van der Waals surface area contributed by atoms with Gasteiger partial charge in [-0.2, -0.15) is 0 Å². The third-order valence-corrected chi connectivity index (χ3v) is 7.22. The first-order valence-corrected chi connectivity index (χ1v) is 13.4. The lowest BCUT2D eigenvalue weighted by Crippen LogP contribution is -2.38. The molecular weight excluding hydrogens is 496 g/mol. The third-order valence-electron chi connectivity index (χ3n) is 6.98. The monoisotopic (exact) mass is 533 g/mol. The van der Waals surface area contributed by atoms with E-state index in [1.54, 1.807) is 30.3 Å². The molecular formula is C29H38ClF2N3O2. The zero-order chi connectivity index (χ0) is 27.0. The summed E-state index contributed by atoms with van der Waals surface area (Å²) in [6, 6.07) is 11.4. The first-order chi connectivity index (χ1) is 17.6. The maximum absolute atomic E-state index is 14.5. The number of hydrogen-bond acceptors (Lipinski definition) is 3. The van der Waals surface area contributed by atoms with Crippen LogP contribution in [0.4, 0.5) is 14.5 Å². The van der Waals surface area contributed by atoms with Crippen LogP contribution in [-0.2, 0) is 9.59 Å². The zero-order valence-corrected chi connectivity index (χ0v) is 22.6. The molecule has 2 aromatic rings. The molecule has 2 aromatic carbocycles. The summed E-state index contributed by atoms with van der Waals surface area (Å²) < 4.78 is 28.3. The molecule has 1 saturated carbocycles. The van der Waals surface area contributed by atoms with Crippen LogP contribution >= 0.6 is 11.6 Å². The van der Waals surface area contributed by atoms with Crippen LogP contribution in [0.2, 0.25) is 5.02 Å². The van der Waals surface area contributed by atoms with Gasteiger partial charge in [0.1, 0.15) is 0 Å². The Morgan fingerprint density at radius 3 is 2.46 bits per heavy atom. The summed E-state index contributed by atoms with van der Waals surface area (Å²) in [6.07, 6.45) is 7.82. The summed E-state index contributed by atoms with van der Waals surface area (Å²) in [6.45, 7) is 6.69. The minimum Gasteiger partial charge on any atom is -0.356 e. The fourth-order valence-electron chi connectivity index (χ4n) is 5.30. The van der Waals surface area contributed by atoms with Crippen LogP contribution in [-0.4, -0.2) is 30.9 Å². The molecule has 202 valence electrons. The van der Waals surface area contributed by atoms with E-state index >= 15 is 0 Å². The molecule has 0 bridgehead atoms. The van der Waals surface area contributed by atoms with Crippen LogP contribution in [0.3, 0.4) is 0 Å². The Bertz CT molecular complexity index is 1050. The molecule has 2 aliphatic rings. The lowest BCUT2D eigenvalue weighted by atomic mass is 9.78. The van der Waals surface area contributed by atoms with Crippen molar-refractivity contribution in [1.29, 1.82) is 0 Å². The van der Waals surface area contributed by atoms with Crippen molar-refractivity contribution >= 4 is 29.6 Å². The van der Waals surface area contributed by atoms with E-state index in [1.165, 1.54) is 38.2 Å². The summed E-state index contributed by atoms with van der Waals surface area (Å²) in [7, 11) is 0. The molecule has 4 rings (SSSR count). The van der Waals surface area contributed by atoms with Crippen molar-refractivity contribution in [2.75, 3.05) is 11.9 Å². The lowest BCUT2D eigenvalue weighted by molar-refractivity contribution is -0.120. The van der Waals surface area contributed by atoms with Crippen LogP contribution in [0.5, 0.6) is 0 Å². The zero-order valence-electron chi connectivity index (χ0n) is 21.8. The van der Waals surface area contributed by atoms with Gasteiger partial charge in [-0.25, -0.2) is 8.78 Å². The number of carbonyl (C=O) groups is 2. The van der Waals surface area contributed by atoms with E-state index in [0.29, 0.717) is 23.3 Å². The average Bonchev–Trinajstić information content (AvgIpc) is 3.24. The highest BCUT2D eigenvalue weighted by Gasteiger charge is 2.44. The summed E-state index contributed by atoms with van der Waals surface area (Å²) in [5, 5.41) is 9.57. The lowest BCUT2D eigenvalue weighted by Gasteiger charge is -2.29. The molecule has 1 saturated heterocycles. The van der Waals surface area contributed by atoms with Crippen LogP contribution in [0.1, 0.15) is 70.8 Å². The Balaban J connectivity index is 0.000000356. The van der Waals surface area contributed by atoms with E-state index in [-0.39, 0.29) is 22.9 Å². The Hall–Kier alpha value is -2.51. The standard InChI is InChI=1S/C22H25ClF2N2O.C7H13NO/c1-22(2,3)11-18-19(21(28)27-14-7-4-6-13(23)10-14)16(12-26-18)15-8-5-9-17(24)20(15)25;9-6-8-7-4-2-1-3-5-7/h4-10,16,18-19,26H,11-12H2,1-3H3,(H,27,28);6-7H,1-5H2,(H,8,9)/t16-,18?,19+;/m1./s1. The maximum Gasteiger partial charge on any atom is 0.229 e. The number of benzene rings is 2. The van der Waals surface area contributed by atoms with Gasteiger partial charge < -0.3 is 16.0 Å². The van der Waals surface area contributed by atoms with E-state index in [2.05, 4.69) is 36.7 Å². The van der Waals surface area contributed by atoms with Crippen LogP contribution < -0.4 is 16.0 Å². The summed E-state index contributed by atoms with van der Waals surface area (Å²) in [4.78, 5) is 23.2. The summed E-state index contributed by atoms with van der Waals surface area (Å²) in [5.74, 6) is -3.00. The highest BCUT2D eigenvalue weighted by Crippen LogP contribution is 2.39. The molecule has 8 heteroatoms. The predicted octanol–water partition coefficient (Wildman–Crippen LogP) is 6.43. The predicted molar refractivity (Wildman–Crippen MR) is 145 cm³/mol. The first kappa shape index (κ1) is 29.1. The molecule has 1 heterocycles. The van der Waals surface area contributed by atoms with Crippen molar-refractivity contribution in [1.82, 2.24) is 10.6 Å². The van der Waals surface area contributed by atoms with Gasteiger partial charge in [0.2, 0.25) is 12.3 Å². The van der Waals surface area contributed by atoms with E-state index in [1.807, 2.05) is 0 Å². The second-order valence-corrected chi connectivity index (χ2v) is 11.6. The van der Waals surface area contributed by atoms with Crippen molar-refractivity contribution in [3.8, 4) is 0 Å². The topological polar surface area (TPSA) is 70.2 Å². The van der Waals surface area contributed by atoms with Crippen LogP contribution in [0.25, 0.3) is 0 Å². The van der Waals surface area contributed by atoms with Gasteiger partial charge in [-0.05, 0) is 54.5 Å². The largest absolute Gasteiger partial charge is 0.356 e. The van der Waals surface area contributed by atoms with Gasteiger partial charge in [0.25, 0.3) is 0 Å². The van der Waals surface area contributed by atoms with Gasteiger partial charge in [-0.1, -0.05) is 69.8 Å². The van der Waals surface area contributed by atoms with E-state index in [4.69, 9.17) is 11.6 Å². The molecule has 37 heavy (non-hydrogen) atoms. The average molecular weight is 534 g/mol. The summed E-state index contributed by atoms with van der Waals surface area (Å²) in [5.41, 5.74) is 0.786. The van der Waals surface area contributed by atoms with Gasteiger partial charge in [0.05, 0.1) is 5.92 Å². The smallest absolute Gasteiger partial charge is 0.229 e. The maximum atomic E-state index is 14.5. The fraction of sp³-hybridized carbons (Fsp3) is 0.517. The normalized spacial score (nSPS) is 22.1. The van der Waals surface area contributed by atoms with Crippen molar-refractivity contribution < 1.29 is 18.4 Å². The van der Waals surface area contributed by atoms with Gasteiger partial charge in [0.15, 0.2) is 11.6 Å². The molecule has 5 nitrogen and oxygen atoms in total. The summed E-state index contributed by atoms with van der Waals surface area (Å²) >= 11 is 6.01. The second-order valence-electron chi connectivity index (χ2n) is 11.2. The Kier molecular flexibility index (Phi) is 10.5. The van der Waals surface area contributed by atoms with E-state index in [0.717, 1.165) is 18.9 Å². The molecule has 1 aliphatic carbocycles. The molecule has 3 atom stereocenters. The van der Waals surface area contributed by atoms with Crippen LogP contribution in [0.15, 0.2) is 42.5 Å². The number of halogens is 3. The second kappa shape index (κ2) is 13.3. The Morgan fingerprint density at radius 1 is 1.11 bits per heavy atom. The Labute approximate surface area is 223 Å². The minimum absolute atomic E-state index is 0.0262. The molecule has 0 spiro atoms. The molecule has 0 radical (unpaired) electrons. The van der Waals surface area contributed by atoms with Crippen molar-refractivity contribution in [3.05, 3.63) is 64.7 Å². The molecule has 2 fully saturated rings. The quantitative estimate of drug-likeness (QED) is 0.375. The van der Waals surface area contributed by atoms with Crippen LogP contribution in [0, 0.1) is 23.0 Å². The Morgan fingerprint density at radius 2 is 1.81 bits per heavy atom.